The van der Waals surface area contributed by atoms with Crippen LogP contribution >= 0.6 is 0 Å². The van der Waals surface area contributed by atoms with E-state index < -0.39 is 20.4 Å². The van der Waals surface area contributed by atoms with Crippen LogP contribution in [0.5, 0.6) is 0 Å². The molecule has 0 aliphatic carbocycles. The topological polar surface area (TPSA) is 63.2 Å². The van der Waals surface area contributed by atoms with Gasteiger partial charge in [0.15, 0.2) is 0 Å². The first-order valence-corrected chi connectivity index (χ1v) is 9.89. The summed E-state index contributed by atoms with van der Waals surface area (Å²) in [5.74, 6) is 0. The van der Waals surface area contributed by atoms with E-state index in [9.17, 15) is 13.0 Å². The van der Waals surface area contributed by atoms with Gasteiger partial charge in [-0.3, -0.25) is 4.55 Å². The van der Waals surface area contributed by atoms with Crippen LogP contribution in [0.2, 0.25) is 0 Å². The molecule has 0 saturated heterocycles. The Labute approximate surface area is 147 Å². The normalized spacial score (nSPS) is 14.9. The molecule has 0 amide bonds. The van der Waals surface area contributed by atoms with Crippen molar-refractivity contribution >= 4 is 10.1 Å². The van der Waals surface area contributed by atoms with E-state index in [1.165, 1.54) is 0 Å². The van der Waals surface area contributed by atoms with Crippen LogP contribution in [0.4, 0.5) is 0 Å². The summed E-state index contributed by atoms with van der Waals surface area (Å²) in [6, 6.07) is 0. The molecule has 0 aliphatic heterocycles. The Morgan fingerprint density at radius 2 is 1.46 bits per heavy atom. The molecule has 1 aromatic rings. The van der Waals surface area contributed by atoms with E-state index in [4.69, 9.17) is 0 Å². The Bertz CT molecular complexity index is 677. The van der Waals surface area contributed by atoms with Gasteiger partial charge >= 0.3 is 0 Å². The summed E-state index contributed by atoms with van der Waals surface area (Å²) in [6.07, 6.45) is 7.38. The van der Waals surface area contributed by atoms with Crippen LogP contribution in [-0.2, 0) is 21.2 Å². The van der Waals surface area contributed by atoms with Gasteiger partial charge in [0.25, 0.3) is 10.1 Å². The lowest BCUT2D eigenvalue weighted by Gasteiger charge is -2.31. The first kappa shape index (κ1) is 21.2. The summed E-state index contributed by atoms with van der Waals surface area (Å²) in [6.45, 7) is 18.2. The van der Waals surface area contributed by atoms with E-state index in [2.05, 4.69) is 39.2 Å². The van der Waals surface area contributed by atoms with Gasteiger partial charge in [-0.25, -0.2) is 9.13 Å². The van der Waals surface area contributed by atoms with E-state index in [0.29, 0.717) is 6.42 Å². The van der Waals surface area contributed by atoms with Gasteiger partial charge in [-0.1, -0.05) is 20.8 Å². The number of hydrogen-bond acceptors (Lipinski definition) is 2. The minimum Gasteiger partial charge on any atom is -0.285 e. The molecular formula is C18H35N2O3S+. The molecule has 5 nitrogen and oxygen atoms in total. The molecule has 0 spiro atoms. The van der Waals surface area contributed by atoms with Crippen molar-refractivity contribution in [1.82, 2.24) is 4.57 Å². The summed E-state index contributed by atoms with van der Waals surface area (Å²) >= 11 is 0. The van der Waals surface area contributed by atoms with Crippen molar-refractivity contribution in [3.05, 3.63) is 18.7 Å². The molecule has 0 radical (unpaired) electrons. The lowest BCUT2D eigenvalue weighted by Crippen LogP contribution is -2.55. The largest absolute Gasteiger partial charge is 0.285 e. The molecule has 0 atom stereocenters. The Balaban J connectivity index is 3.11. The summed E-state index contributed by atoms with van der Waals surface area (Å²) < 4.78 is 35.7. The number of imidazole rings is 1. The van der Waals surface area contributed by atoms with E-state index in [1.54, 1.807) is 13.8 Å². The second-order valence-corrected chi connectivity index (χ2v) is 12.1. The molecule has 0 aliphatic rings. The monoisotopic (exact) mass is 359 g/mol. The standard InChI is InChI=1S/C18H34N2O3S/c1-15(2,3)12-16(4,5)19-10-11-20(14-19)17(6,7)13-18(8,9)24(21,22)23/h10-11,14H,12-13H2,1-9H3/p+1. The molecular weight excluding hydrogens is 324 g/mol. The molecule has 0 unspecified atom stereocenters. The molecule has 1 heterocycles. The predicted molar refractivity (Wildman–Crippen MR) is 97.6 cm³/mol. The van der Waals surface area contributed by atoms with Gasteiger partial charge < -0.3 is 0 Å². The molecule has 140 valence electrons. The summed E-state index contributed by atoms with van der Waals surface area (Å²) in [5, 5.41) is 0. The van der Waals surface area contributed by atoms with Gasteiger partial charge in [-0.2, -0.15) is 8.42 Å². The zero-order valence-corrected chi connectivity index (χ0v) is 17.5. The molecule has 0 aromatic carbocycles. The van der Waals surface area contributed by atoms with E-state index >= 15 is 0 Å². The van der Waals surface area contributed by atoms with Gasteiger partial charge in [0.1, 0.15) is 23.5 Å². The second kappa shape index (κ2) is 6.13. The van der Waals surface area contributed by atoms with Crippen molar-refractivity contribution in [2.75, 3.05) is 0 Å². The van der Waals surface area contributed by atoms with Crippen LogP contribution in [0.3, 0.4) is 0 Å². The Hall–Kier alpha value is -0.880. The molecule has 6 heteroatoms. The van der Waals surface area contributed by atoms with E-state index in [-0.39, 0.29) is 11.0 Å². The SMILES string of the molecule is CC(C)(C)CC(C)(C)n1cc[n+](C(C)(C)CC(C)(C)S(=O)(=O)O)c1. The Morgan fingerprint density at radius 3 is 1.88 bits per heavy atom. The summed E-state index contributed by atoms with van der Waals surface area (Å²) in [5.41, 5.74) is -0.276. The number of rotatable bonds is 6. The van der Waals surface area contributed by atoms with Crippen molar-refractivity contribution in [3.63, 3.8) is 0 Å². The summed E-state index contributed by atoms with van der Waals surface area (Å²) in [7, 11) is -4.11. The predicted octanol–water partition coefficient (Wildman–Crippen LogP) is 3.74. The minimum atomic E-state index is -4.11. The Kier molecular flexibility index (Phi) is 5.41. The molecule has 1 rings (SSSR count). The first-order chi connectivity index (χ1) is 10.4. The fraction of sp³-hybridized carbons (Fsp3) is 0.833. The van der Waals surface area contributed by atoms with Crippen molar-refractivity contribution in [1.29, 1.82) is 0 Å². The fourth-order valence-corrected chi connectivity index (χ4v) is 4.22. The zero-order valence-electron chi connectivity index (χ0n) is 16.7. The van der Waals surface area contributed by atoms with Crippen LogP contribution in [0.1, 0.15) is 75.2 Å². The van der Waals surface area contributed by atoms with Gasteiger partial charge in [-0.05, 0) is 53.4 Å². The van der Waals surface area contributed by atoms with Crippen LogP contribution in [0.15, 0.2) is 18.7 Å². The number of nitrogens with zero attached hydrogens (tertiary/aromatic N) is 2. The number of hydrogen-bond donors (Lipinski definition) is 1. The van der Waals surface area contributed by atoms with Gasteiger partial charge in [-0.15, -0.1) is 0 Å². The molecule has 24 heavy (non-hydrogen) atoms. The van der Waals surface area contributed by atoms with E-state index in [1.807, 2.05) is 37.1 Å². The van der Waals surface area contributed by atoms with Gasteiger partial charge in [0.2, 0.25) is 6.33 Å². The lowest BCUT2D eigenvalue weighted by atomic mass is 9.82. The third-order valence-corrected chi connectivity index (χ3v) is 6.10. The van der Waals surface area contributed by atoms with Crippen molar-refractivity contribution in [2.24, 2.45) is 5.41 Å². The van der Waals surface area contributed by atoms with Crippen molar-refractivity contribution in [3.8, 4) is 0 Å². The van der Waals surface area contributed by atoms with Crippen LogP contribution in [0.25, 0.3) is 0 Å². The molecule has 1 aromatic heterocycles. The van der Waals surface area contributed by atoms with Crippen LogP contribution < -0.4 is 4.57 Å². The third-order valence-electron chi connectivity index (χ3n) is 4.55. The second-order valence-electron chi connectivity index (χ2n) is 10.0. The fourth-order valence-electron chi connectivity index (χ4n) is 3.68. The highest BCUT2D eigenvalue weighted by Gasteiger charge is 2.42. The average molecular weight is 360 g/mol. The zero-order chi connectivity index (χ0) is 19.2. The van der Waals surface area contributed by atoms with Crippen molar-refractivity contribution < 1.29 is 17.5 Å². The molecule has 1 N–H and O–H groups in total. The maximum absolute atomic E-state index is 11.6. The van der Waals surface area contributed by atoms with Crippen LogP contribution in [-0.4, -0.2) is 22.3 Å². The highest BCUT2D eigenvalue weighted by molar-refractivity contribution is 7.87. The molecule has 0 bridgehead atoms. The quantitative estimate of drug-likeness (QED) is 0.622. The average Bonchev–Trinajstić information content (AvgIpc) is 2.71. The highest BCUT2D eigenvalue weighted by atomic mass is 32.2. The first-order valence-electron chi connectivity index (χ1n) is 8.45. The highest BCUT2D eigenvalue weighted by Crippen LogP contribution is 2.32. The Morgan fingerprint density at radius 1 is 0.958 bits per heavy atom. The maximum Gasteiger partial charge on any atom is 0.270 e. The maximum atomic E-state index is 11.6. The lowest BCUT2D eigenvalue weighted by molar-refractivity contribution is -0.758. The van der Waals surface area contributed by atoms with E-state index in [0.717, 1.165) is 6.42 Å². The smallest absolute Gasteiger partial charge is 0.270 e. The minimum absolute atomic E-state index is 0.0435. The summed E-state index contributed by atoms with van der Waals surface area (Å²) in [4.78, 5) is 0. The van der Waals surface area contributed by atoms with Crippen molar-refractivity contribution in [2.45, 2.75) is 91.0 Å². The molecule has 0 fully saturated rings. The number of aromatic nitrogens is 2. The van der Waals surface area contributed by atoms with Crippen LogP contribution in [0, 0.1) is 5.41 Å². The molecule has 0 saturated carbocycles. The third kappa shape index (κ3) is 5.06. The van der Waals surface area contributed by atoms with Gasteiger partial charge in [0, 0.05) is 6.42 Å². The van der Waals surface area contributed by atoms with Gasteiger partial charge in [0.05, 0.1) is 4.75 Å².